The van der Waals surface area contributed by atoms with Crippen LogP contribution in [0.25, 0.3) is 0 Å². The largest absolute Gasteiger partial charge is 0.426 e. The van der Waals surface area contributed by atoms with Gasteiger partial charge in [0, 0.05) is 5.41 Å². The molecule has 4 aliphatic carbocycles. The second kappa shape index (κ2) is 4.27. The molecule has 0 radical (unpaired) electrons. The highest BCUT2D eigenvalue weighted by atomic mass is 19.4. The highest BCUT2D eigenvalue weighted by molar-refractivity contribution is 5.29. The van der Waals surface area contributed by atoms with Crippen LogP contribution < -0.4 is 0 Å². The van der Waals surface area contributed by atoms with Crippen molar-refractivity contribution in [1.82, 2.24) is 0 Å². The van der Waals surface area contributed by atoms with Crippen LogP contribution in [0.3, 0.4) is 0 Å². The molecular weight excluding hydrogens is 322 g/mol. The SMILES string of the molecule is OC(C(F)(F)F)(C(F)(F)F)C12CCC(C1)C1C3=CCC(C3)C1C2. The van der Waals surface area contributed by atoms with Gasteiger partial charge in [-0.25, -0.2) is 0 Å². The molecule has 5 unspecified atom stereocenters. The predicted octanol–water partition coefficient (Wildman–Crippen LogP) is 4.61. The van der Waals surface area contributed by atoms with E-state index in [1.54, 1.807) is 0 Å². The molecule has 3 saturated carbocycles. The zero-order valence-electron chi connectivity index (χ0n) is 12.3. The van der Waals surface area contributed by atoms with Gasteiger partial charge in [-0.15, -0.1) is 0 Å². The van der Waals surface area contributed by atoms with Crippen molar-refractivity contribution in [3.63, 3.8) is 0 Å². The minimum absolute atomic E-state index is 0.132. The Bertz CT molecular complexity index is 548. The van der Waals surface area contributed by atoms with Crippen LogP contribution in [0.1, 0.15) is 38.5 Å². The van der Waals surface area contributed by atoms with Crippen molar-refractivity contribution < 1.29 is 31.4 Å². The smallest absolute Gasteiger partial charge is 0.373 e. The van der Waals surface area contributed by atoms with Crippen LogP contribution in [0.4, 0.5) is 26.3 Å². The van der Waals surface area contributed by atoms with Crippen LogP contribution in [-0.4, -0.2) is 23.1 Å². The molecule has 0 heterocycles. The summed E-state index contributed by atoms with van der Waals surface area (Å²) >= 11 is 0. The molecule has 4 bridgehead atoms. The van der Waals surface area contributed by atoms with Crippen LogP contribution in [0.15, 0.2) is 11.6 Å². The molecular formula is C16H18F6O. The zero-order chi connectivity index (χ0) is 16.8. The molecule has 0 spiro atoms. The normalized spacial score (nSPS) is 42.8. The van der Waals surface area contributed by atoms with Gasteiger partial charge in [0.2, 0.25) is 0 Å². The molecule has 5 atom stereocenters. The molecule has 0 saturated heterocycles. The van der Waals surface area contributed by atoms with E-state index in [1.165, 1.54) is 5.57 Å². The second-order valence-electron chi connectivity index (χ2n) is 7.86. The van der Waals surface area contributed by atoms with Gasteiger partial charge in [0.25, 0.3) is 5.60 Å². The first kappa shape index (κ1) is 15.8. The van der Waals surface area contributed by atoms with E-state index in [-0.39, 0.29) is 42.9 Å². The predicted molar refractivity (Wildman–Crippen MR) is 69.2 cm³/mol. The number of hydrogen-bond donors (Lipinski definition) is 1. The monoisotopic (exact) mass is 340 g/mol. The highest BCUT2D eigenvalue weighted by Gasteiger charge is 2.81. The minimum Gasteiger partial charge on any atom is -0.373 e. The minimum atomic E-state index is -5.70. The summed E-state index contributed by atoms with van der Waals surface area (Å²) in [6.45, 7) is 0. The third-order valence-corrected chi connectivity index (χ3v) is 7.04. The van der Waals surface area contributed by atoms with E-state index in [2.05, 4.69) is 6.08 Å². The van der Waals surface area contributed by atoms with Gasteiger partial charge in [-0.3, -0.25) is 0 Å². The number of alkyl halides is 6. The molecule has 4 aliphatic rings. The average Bonchev–Trinajstić information content (AvgIpc) is 3.10. The van der Waals surface area contributed by atoms with Gasteiger partial charge in [-0.2, -0.15) is 26.3 Å². The number of allylic oxidation sites excluding steroid dienone is 2. The van der Waals surface area contributed by atoms with Gasteiger partial charge in [-0.05, 0) is 62.2 Å². The van der Waals surface area contributed by atoms with Gasteiger partial charge in [-0.1, -0.05) is 11.6 Å². The van der Waals surface area contributed by atoms with Crippen LogP contribution in [0.2, 0.25) is 0 Å². The quantitative estimate of drug-likeness (QED) is 0.546. The number of fused-ring (bicyclic) bond motifs is 8. The summed E-state index contributed by atoms with van der Waals surface area (Å²) in [7, 11) is 0. The number of hydrogen-bond acceptors (Lipinski definition) is 1. The number of halogens is 6. The van der Waals surface area contributed by atoms with Crippen molar-refractivity contribution in [1.29, 1.82) is 0 Å². The number of aliphatic hydroxyl groups is 1. The summed E-state index contributed by atoms with van der Waals surface area (Å²) < 4.78 is 80.3. The van der Waals surface area contributed by atoms with Gasteiger partial charge in [0.15, 0.2) is 0 Å². The summed E-state index contributed by atoms with van der Waals surface area (Å²) in [5.41, 5.74) is -5.47. The van der Waals surface area contributed by atoms with Crippen molar-refractivity contribution in [2.45, 2.75) is 56.5 Å². The Morgan fingerprint density at radius 3 is 2.26 bits per heavy atom. The molecule has 0 amide bonds. The Hall–Kier alpha value is -0.720. The fourth-order valence-corrected chi connectivity index (χ4v) is 6.23. The highest BCUT2D eigenvalue weighted by Crippen LogP contribution is 2.71. The Labute approximate surface area is 129 Å². The molecule has 0 aromatic rings. The maximum Gasteiger partial charge on any atom is 0.426 e. The topological polar surface area (TPSA) is 20.2 Å². The molecule has 1 nitrogen and oxygen atoms in total. The fraction of sp³-hybridized carbons (Fsp3) is 0.875. The van der Waals surface area contributed by atoms with E-state index in [1.807, 2.05) is 0 Å². The average molecular weight is 340 g/mol. The Morgan fingerprint density at radius 1 is 1.00 bits per heavy atom. The van der Waals surface area contributed by atoms with E-state index in [0.29, 0.717) is 6.42 Å². The Kier molecular flexibility index (Phi) is 2.93. The van der Waals surface area contributed by atoms with Crippen molar-refractivity contribution in [3.8, 4) is 0 Å². The first-order valence-electron chi connectivity index (χ1n) is 8.05. The molecule has 1 N–H and O–H groups in total. The van der Waals surface area contributed by atoms with Crippen molar-refractivity contribution in [2.24, 2.45) is 29.1 Å². The lowest BCUT2D eigenvalue weighted by atomic mass is 9.56. The van der Waals surface area contributed by atoms with E-state index >= 15 is 0 Å². The maximum atomic E-state index is 13.4. The Morgan fingerprint density at radius 2 is 1.65 bits per heavy atom. The third kappa shape index (κ3) is 1.75. The molecule has 7 heteroatoms. The first-order chi connectivity index (χ1) is 10.5. The summed E-state index contributed by atoms with van der Waals surface area (Å²) in [6, 6.07) is 0. The van der Waals surface area contributed by atoms with E-state index in [0.717, 1.165) is 12.8 Å². The van der Waals surface area contributed by atoms with Gasteiger partial charge < -0.3 is 5.11 Å². The van der Waals surface area contributed by atoms with Crippen LogP contribution >= 0.6 is 0 Å². The van der Waals surface area contributed by atoms with Crippen LogP contribution in [0, 0.1) is 29.1 Å². The van der Waals surface area contributed by atoms with Crippen molar-refractivity contribution in [3.05, 3.63) is 11.6 Å². The zero-order valence-corrected chi connectivity index (χ0v) is 12.3. The lowest BCUT2D eigenvalue weighted by Crippen LogP contribution is -2.67. The summed E-state index contributed by atoms with van der Waals surface area (Å²) in [5, 5.41) is 10.0. The summed E-state index contributed by atoms with van der Waals surface area (Å²) in [5.74, 6) is 0.0325. The fourth-order valence-electron chi connectivity index (χ4n) is 6.23. The first-order valence-corrected chi connectivity index (χ1v) is 8.05. The van der Waals surface area contributed by atoms with Crippen molar-refractivity contribution in [2.75, 3.05) is 0 Å². The Balaban J connectivity index is 1.78. The van der Waals surface area contributed by atoms with E-state index < -0.39 is 23.4 Å². The molecule has 130 valence electrons. The number of rotatable bonds is 1. The summed E-state index contributed by atoms with van der Waals surface area (Å²) in [4.78, 5) is 0. The molecule has 23 heavy (non-hydrogen) atoms. The molecule has 0 aromatic heterocycles. The second-order valence-corrected chi connectivity index (χ2v) is 7.86. The van der Waals surface area contributed by atoms with Crippen molar-refractivity contribution >= 4 is 0 Å². The lowest BCUT2D eigenvalue weighted by molar-refractivity contribution is -0.407. The van der Waals surface area contributed by atoms with E-state index in [9.17, 15) is 31.4 Å². The lowest BCUT2D eigenvalue weighted by Gasteiger charge is -2.51. The third-order valence-electron chi connectivity index (χ3n) is 7.04. The summed E-state index contributed by atoms with van der Waals surface area (Å²) in [6.07, 6.45) is -7.89. The maximum absolute atomic E-state index is 13.4. The van der Waals surface area contributed by atoms with Gasteiger partial charge in [0.05, 0.1) is 0 Å². The van der Waals surface area contributed by atoms with Gasteiger partial charge in [0.1, 0.15) is 0 Å². The van der Waals surface area contributed by atoms with Gasteiger partial charge >= 0.3 is 12.4 Å². The van der Waals surface area contributed by atoms with Crippen LogP contribution in [0.5, 0.6) is 0 Å². The standard InChI is InChI=1S/C16H18F6O/c17-15(18,19)14(23,16(20,21)22)13-4-3-10(6-13)12-9-2-1-8(5-9)11(12)7-13/h2,8,10-12,23H,1,3-7H2. The molecule has 3 fully saturated rings. The molecule has 0 aromatic carbocycles. The van der Waals surface area contributed by atoms with Crippen LogP contribution in [-0.2, 0) is 0 Å². The van der Waals surface area contributed by atoms with E-state index in [4.69, 9.17) is 0 Å². The molecule has 0 aliphatic heterocycles. The molecule has 4 rings (SSSR count).